The van der Waals surface area contributed by atoms with Gasteiger partial charge in [0.15, 0.2) is 0 Å². The van der Waals surface area contributed by atoms with E-state index in [1.165, 1.54) is 5.56 Å². The zero-order valence-corrected chi connectivity index (χ0v) is 10.3. The number of hydrogen-bond acceptors (Lipinski definition) is 3. The summed E-state index contributed by atoms with van der Waals surface area (Å²) in [6.07, 6.45) is 2.54. The Morgan fingerprint density at radius 2 is 2.12 bits per heavy atom. The number of methoxy groups -OCH3 is 1. The number of aliphatic hydroxyl groups is 1. The molecule has 1 N–H and O–H groups in total. The molecule has 1 saturated heterocycles. The molecular weight excluding hydrogens is 216 g/mol. The summed E-state index contributed by atoms with van der Waals surface area (Å²) in [6.45, 7) is 1.39. The highest BCUT2D eigenvalue weighted by atomic mass is 16.5. The fourth-order valence-electron chi connectivity index (χ4n) is 2.21. The first-order valence-corrected chi connectivity index (χ1v) is 6.18. The van der Waals surface area contributed by atoms with E-state index in [-0.39, 0.29) is 12.0 Å². The number of hydrogen-bond donors (Lipinski definition) is 1. The average molecular weight is 236 g/mol. The van der Waals surface area contributed by atoms with Gasteiger partial charge in [-0.1, -0.05) is 12.1 Å². The Kier molecular flexibility index (Phi) is 4.40. The van der Waals surface area contributed by atoms with Crippen molar-refractivity contribution < 1.29 is 14.6 Å². The Balaban J connectivity index is 1.84. The van der Waals surface area contributed by atoms with Crippen LogP contribution in [0.2, 0.25) is 0 Å². The molecule has 1 aromatic carbocycles. The van der Waals surface area contributed by atoms with Crippen LogP contribution in [0.25, 0.3) is 0 Å². The van der Waals surface area contributed by atoms with Gasteiger partial charge in [0.05, 0.1) is 19.8 Å². The molecule has 1 aromatic rings. The van der Waals surface area contributed by atoms with E-state index in [0.29, 0.717) is 13.2 Å². The Morgan fingerprint density at radius 1 is 1.35 bits per heavy atom. The van der Waals surface area contributed by atoms with E-state index < -0.39 is 0 Å². The summed E-state index contributed by atoms with van der Waals surface area (Å²) >= 11 is 0. The highest BCUT2D eigenvalue weighted by Gasteiger charge is 2.23. The molecule has 94 valence electrons. The van der Waals surface area contributed by atoms with Crippen LogP contribution in [-0.2, 0) is 11.2 Å². The van der Waals surface area contributed by atoms with Crippen molar-refractivity contribution in [2.45, 2.75) is 25.4 Å². The minimum absolute atomic E-state index is 0.193. The van der Waals surface area contributed by atoms with E-state index >= 15 is 0 Å². The highest BCUT2D eigenvalue weighted by molar-refractivity contribution is 5.27. The molecule has 0 aliphatic carbocycles. The molecule has 3 heteroatoms. The number of benzene rings is 1. The second-order valence-electron chi connectivity index (χ2n) is 4.58. The molecule has 3 nitrogen and oxygen atoms in total. The zero-order valence-electron chi connectivity index (χ0n) is 10.3. The van der Waals surface area contributed by atoms with Gasteiger partial charge in [-0.05, 0) is 37.0 Å². The van der Waals surface area contributed by atoms with Crippen LogP contribution in [0.3, 0.4) is 0 Å². The van der Waals surface area contributed by atoms with Gasteiger partial charge < -0.3 is 14.6 Å². The Hall–Kier alpha value is -1.06. The minimum Gasteiger partial charge on any atom is -0.497 e. The van der Waals surface area contributed by atoms with E-state index in [0.717, 1.165) is 25.0 Å². The fraction of sp³-hybridized carbons (Fsp3) is 0.571. The largest absolute Gasteiger partial charge is 0.497 e. The van der Waals surface area contributed by atoms with Crippen LogP contribution < -0.4 is 4.74 Å². The van der Waals surface area contributed by atoms with E-state index in [9.17, 15) is 5.11 Å². The summed E-state index contributed by atoms with van der Waals surface area (Å²) in [7, 11) is 1.67. The molecule has 1 fully saturated rings. The normalized spacial score (nSPS) is 24.6. The molecule has 2 rings (SSSR count). The second-order valence-corrected chi connectivity index (χ2v) is 4.58. The first-order valence-electron chi connectivity index (χ1n) is 6.18. The fourth-order valence-corrected chi connectivity index (χ4v) is 2.21. The van der Waals surface area contributed by atoms with Gasteiger partial charge in [-0.15, -0.1) is 0 Å². The Labute approximate surface area is 102 Å². The summed E-state index contributed by atoms with van der Waals surface area (Å²) in [4.78, 5) is 0. The third-order valence-corrected chi connectivity index (χ3v) is 3.40. The molecule has 1 aliphatic heterocycles. The lowest BCUT2D eigenvalue weighted by atomic mass is 9.92. The van der Waals surface area contributed by atoms with Crippen molar-refractivity contribution in [1.82, 2.24) is 0 Å². The van der Waals surface area contributed by atoms with Crippen LogP contribution in [0.1, 0.15) is 18.4 Å². The van der Waals surface area contributed by atoms with Crippen molar-refractivity contribution >= 4 is 0 Å². The van der Waals surface area contributed by atoms with E-state index in [2.05, 4.69) is 12.1 Å². The van der Waals surface area contributed by atoms with Crippen LogP contribution in [0, 0.1) is 5.92 Å². The minimum atomic E-state index is -0.193. The van der Waals surface area contributed by atoms with Crippen LogP contribution in [0.4, 0.5) is 0 Å². The van der Waals surface area contributed by atoms with Gasteiger partial charge >= 0.3 is 0 Å². The molecule has 1 aliphatic rings. The third kappa shape index (κ3) is 3.45. The van der Waals surface area contributed by atoms with Crippen molar-refractivity contribution in [3.8, 4) is 5.75 Å². The van der Waals surface area contributed by atoms with Crippen LogP contribution >= 0.6 is 0 Å². The van der Waals surface area contributed by atoms with Gasteiger partial charge in [0.25, 0.3) is 0 Å². The van der Waals surface area contributed by atoms with Crippen LogP contribution in [0.5, 0.6) is 5.75 Å². The van der Waals surface area contributed by atoms with Crippen molar-refractivity contribution in [3.05, 3.63) is 29.8 Å². The van der Waals surface area contributed by atoms with Crippen molar-refractivity contribution in [1.29, 1.82) is 0 Å². The molecule has 2 unspecified atom stereocenters. The molecule has 0 amide bonds. The number of aryl methyl sites for hydroxylation is 1. The number of aliphatic hydroxyl groups excluding tert-OH is 1. The van der Waals surface area contributed by atoms with Gasteiger partial charge in [0.1, 0.15) is 5.75 Å². The maximum absolute atomic E-state index is 9.83. The molecule has 0 saturated carbocycles. The lowest BCUT2D eigenvalue weighted by Gasteiger charge is -2.27. The molecule has 2 atom stereocenters. The Bertz CT molecular complexity index is 334. The first kappa shape index (κ1) is 12.4. The lowest BCUT2D eigenvalue weighted by Crippen LogP contribution is -2.32. The van der Waals surface area contributed by atoms with E-state index in [1.54, 1.807) is 7.11 Å². The maximum atomic E-state index is 9.83. The molecule has 17 heavy (non-hydrogen) atoms. The average Bonchev–Trinajstić information content (AvgIpc) is 2.38. The SMILES string of the molecule is COc1ccc(CCC2COCCC2O)cc1. The van der Waals surface area contributed by atoms with Crippen molar-refractivity contribution in [2.75, 3.05) is 20.3 Å². The highest BCUT2D eigenvalue weighted by Crippen LogP contribution is 2.21. The predicted octanol–water partition coefficient (Wildman–Crippen LogP) is 2.03. The number of rotatable bonds is 4. The Morgan fingerprint density at radius 3 is 2.76 bits per heavy atom. The van der Waals surface area contributed by atoms with Crippen LogP contribution in [0.15, 0.2) is 24.3 Å². The first-order chi connectivity index (χ1) is 8.29. The van der Waals surface area contributed by atoms with Crippen LogP contribution in [-0.4, -0.2) is 31.5 Å². The second kappa shape index (κ2) is 6.03. The standard InChI is InChI=1S/C14H20O3/c1-16-13-6-3-11(4-7-13)2-5-12-10-17-9-8-14(12)15/h3-4,6-7,12,14-15H,2,5,8-10H2,1H3. The molecule has 0 radical (unpaired) electrons. The quantitative estimate of drug-likeness (QED) is 0.869. The number of ether oxygens (including phenoxy) is 2. The van der Waals surface area contributed by atoms with Gasteiger partial charge in [-0.3, -0.25) is 0 Å². The molecule has 0 aromatic heterocycles. The maximum Gasteiger partial charge on any atom is 0.118 e. The van der Waals surface area contributed by atoms with E-state index in [1.807, 2.05) is 12.1 Å². The molecule has 0 spiro atoms. The molecule has 1 heterocycles. The summed E-state index contributed by atoms with van der Waals surface area (Å²) in [5.74, 6) is 1.17. The summed E-state index contributed by atoms with van der Waals surface area (Å²) in [5.41, 5.74) is 1.28. The topological polar surface area (TPSA) is 38.7 Å². The monoisotopic (exact) mass is 236 g/mol. The predicted molar refractivity (Wildman–Crippen MR) is 66.2 cm³/mol. The van der Waals surface area contributed by atoms with E-state index in [4.69, 9.17) is 9.47 Å². The summed E-state index contributed by atoms with van der Waals surface area (Å²) in [6, 6.07) is 8.11. The summed E-state index contributed by atoms with van der Waals surface area (Å²) < 4.78 is 10.5. The van der Waals surface area contributed by atoms with Crippen molar-refractivity contribution in [3.63, 3.8) is 0 Å². The summed E-state index contributed by atoms with van der Waals surface area (Å²) in [5, 5.41) is 9.83. The third-order valence-electron chi connectivity index (χ3n) is 3.40. The van der Waals surface area contributed by atoms with Crippen molar-refractivity contribution in [2.24, 2.45) is 5.92 Å². The van der Waals surface area contributed by atoms with Gasteiger partial charge in [0, 0.05) is 12.5 Å². The molecular formula is C14H20O3. The van der Waals surface area contributed by atoms with Gasteiger partial charge in [-0.25, -0.2) is 0 Å². The zero-order chi connectivity index (χ0) is 12.1. The molecule has 0 bridgehead atoms. The lowest BCUT2D eigenvalue weighted by molar-refractivity contribution is -0.0380. The van der Waals surface area contributed by atoms with Gasteiger partial charge in [0.2, 0.25) is 0 Å². The smallest absolute Gasteiger partial charge is 0.118 e. The van der Waals surface area contributed by atoms with Gasteiger partial charge in [-0.2, -0.15) is 0 Å².